The molecule has 4 heteroatoms. The van der Waals surface area contributed by atoms with Gasteiger partial charge in [0.2, 0.25) is 5.91 Å². The van der Waals surface area contributed by atoms with Crippen LogP contribution in [-0.2, 0) is 9.59 Å². The van der Waals surface area contributed by atoms with Gasteiger partial charge in [-0.15, -0.1) is 0 Å². The van der Waals surface area contributed by atoms with Crippen molar-refractivity contribution in [3.05, 3.63) is 0 Å². The number of nitrogens with one attached hydrogen (secondary N) is 1. The van der Waals surface area contributed by atoms with E-state index in [0.29, 0.717) is 6.29 Å². The van der Waals surface area contributed by atoms with Crippen molar-refractivity contribution in [1.29, 1.82) is 0 Å². The van der Waals surface area contributed by atoms with Crippen LogP contribution in [0.2, 0.25) is 0 Å². The highest BCUT2D eigenvalue weighted by molar-refractivity contribution is 5.77. The molecule has 0 aliphatic rings. The summed E-state index contributed by atoms with van der Waals surface area (Å²) in [6, 6.07) is -0.525. The van der Waals surface area contributed by atoms with Gasteiger partial charge in [-0.3, -0.25) is 4.79 Å². The van der Waals surface area contributed by atoms with Gasteiger partial charge in [0.25, 0.3) is 0 Å². The molecule has 1 atom stereocenters. The van der Waals surface area contributed by atoms with Crippen LogP contribution in [0.15, 0.2) is 0 Å². The maximum atomic E-state index is 10.2. The average molecular weight is 130 g/mol. The van der Waals surface area contributed by atoms with E-state index < -0.39 is 6.04 Å². The fraction of sp³-hybridized carbons (Fsp3) is 0.600. The minimum absolute atomic E-state index is 0.156. The molecule has 52 valence electrons. The van der Waals surface area contributed by atoms with Crippen molar-refractivity contribution in [2.75, 3.05) is 6.54 Å². The van der Waals surface area contributed by atoms with E-state index >= 15 is 0 Å². The van der Waals surface area contributed by atoms with Crippen LogP contribution in [-0.4, -0.2) is 24.8 Å². The zero-order valence-electron chi connectivity index (χ0n) is 5.26. The van der Waals surface area contributed by atoms with Gasteiger partial charge in [0.1, 0.15) is 6.29 Å². The van der Waals surface area contributed by atoms with Crippen molar-refractivity contribution in [2.45, 2.75) is 13.0 Å². The number of hydrogen-bond donors (Lipinski definition) is 2. The molecule has 0 saturated carbocycles. The molecule has 0 fully saturated rings. The quantitative estimate of drug-likeness (QED) is 0.464. The predicted octanol–water partition coefficient (Wildman–Crippen LogP) is -1.35. The largest absolute Gasteiger partial charge is 0.346 e. The molecule has 0 aromatic carbocycles. The molecule has 0 spiro atoms. The Balaban J connectivity index is 3.55. The summed E-state index contributed by atoms with van der Waals surface area (Å²) in [4.78, 5) is 20.2. The maximum absolute atomic E-state index is 10.2. The Morgan fingerprint density at radius 1 is 1.89 bits per heavy atom. The first-order chi connectivity index (χ1) is 4.20. The zero-order valence-corrected chi connectivity index (χ0v) is 5.26. The molecular weight excluding hydrogens is 120 g/mol. The van der Waals surface area contributed by atoms with E-state index in [9.17, 15) is 9.59 Å². The lowest BCUT2D eigenvalue weighted by Crippen LogP contribution is -2.39. The fourth-order valence-corrected chi connectivity index (χ4v) is 0.410. The first kappa shape index (κ1) is 8.10. The molecule has 0 aromatic rings. The van der Waals surface area contributed by atoms with Crippen molar-refractivity contribution < 1.29 is 9.59 Å². The highest BCUT2D eigenvalue weighted by atomic mass is 16.2. The van der Waals surface area contributed by atoms with Crippen molar-refractivity contribution in [1.82, 2.24) is 5.32 Å². The van der Waals surface area contributed by atoms with E-state index in [2.05, 4.69) is 5.32 Å². The average Bonchev–Trinajstić information content (AvgIpc) is 1.82. The zero-order chi connectivity index (χ0) is 7.28. The molecule has 0 saturated heterocycles. The number of aldehydes is 1. The number of amides is 1. The summed E-state index contributed by atoms with van der Waals surface area (Å²) in [6.45, 7) is 1.50. The standard InChI is InChI=1S/C5H10N2O2/c1-4(9)7-5(2-6)3-8/h3,5H,2,6H2,1H3,(H,7,9). The van der Waals surface area contributed by atoms with Crippen LogP contribution >= 0.6 is 0 Å². The third kappa shape index (κ3) is 3.66. The van der Waals surface area contributed by atoms with Gasteiger partial charge in [-0.1, -0.05) is 0 Å². The third-order valence-corrected chi connectivity index (χ3v) is 0.807. The van der Waals surface area contributed by atoms with E-state index in [-0.39, 0.29) is 12.5 Å². The minimum atomic E-state index is -0.525. The SMILES string of the molecule is CC(=O)NC(C=O)CN. The molecule has 0 rings (SSSR count). The molecule has 1 unspecified atom stereocenters. The van der Waals surface area contributed by atoms with Gasteiger partial charge < -0.3 is 15.8 Å². The molecule has 0 bridgehead atoms. The Bertz CT molecular complexity index is 114. The Labute approximate surface area is 53.4 Å². The molecule has 0 aromatic heterocycles. The molecule has 0 aliphatic heterocycles. The summed E-state index contributed by atoms with van der Waals surface area (Å²) in [5.74, 6) is -0.238. The topological polar surface area (TPSA) is 72.2 Å². The van der Waals surface area contributed by atoms with Crippen LogP contribution in [0.5, 0.6) is 0 Å². The van der Waals surface area contributed by atoms with E-state index in [4.69, 9.17) is 5.73 Å². The van der Waals surface area contributed by atoms with Crippen LogP contribution in [0, 0.1) is 0 Å². The van der Waals surface area contributed by atoms with Crippen LogP contribution in [0.4, 0.5) is 0 Å². The number of nitrogens with two attached hydrogens (primary N) is 1. The first-order valence-electron chi connectivity index (χ1n) is 2.63. The van der Waals surface area contributed by atoms with Gasteiger partial charge in [-0.2, -0.15) is 0 Å². The van der Waals surface area contributed by atoms with E-state index in [1.807, 2.05) is 0 Å². The second kappa shape index (κ2) is 4.03. The van der Waals surface area contributed by atoms with Gasteiger partial charge in [0.15, 0.2) is 0 Å². The van der Waals surface area contributed by atoms with Gasteiger partial charge in [-0.25, -0.2) is 0 Å². The molecule has 1 amide bonds. The van der Waals surface area contributed by atoms with E-state index in [1.54, 1.807) is 0 Å². The molecule has 0 aliphatic carbocycles. The Kier molecular flexibility index (Phi) is 3.62. The normalized spacial score (nSPS) is 12.2. The van der Waals surface area contributed by atoms with Crippen molar-refractivity contribution in [3.63, 3.8) is 0 Å². The Hall–Kier alpha value is -0.900. The van der Waals surface area contributed by atoms with Crippen molar-refractivity contribution in [2.24, 2.45) is 5.73 Å². The van der Waals surface area contributed by atoms with Crippen LogP contribution in [0.25, 0.3) is 0 Å². The second-order valence-electron chi connectivity index (χ2n) is 1.68. The number of carbonyl (C=O) groups is 2. The lowest BCUT2D eigenvalue weighted by atomic mass is 10.3. The van der Waals surface area contributed by atoms with Gasteiger partial charge in [-0.05, 0) is 0 Å². The Morgan fingerprint density at radius 3 is 2.56 bits per heavy atom. The highest BCUT2D eigenvalue weighted by Crippen LogP contribution is 1.71. The summed E-state index contributed by atoms with van der Waals surface area (Å²) in [7, 11) is 0. The molecular formula is C5H10N2O2. The summed E-state index contributed by atoms with van der Waals surface area (Å²) >= 11 is 0. The van der Waals surface area contributed by atoms with Crippen LogP contribution in [0.1, 0.15) is 6.92 Å². The Morgan fingerprint density at radius 2 is 2.44 bits per heavy atom. The maximum Gasteiger partial charge on any atom is 0.217 e. The smallest absolute Gasteiger partial charge is 0.217 e. The minimum Gasteiger partial charge on any atom is -0.346 e. The summed E-state index contributed by atoms with van der Waals surface area (Å²) in [5, 5.41) is 2.35. The molecule has 0 radical (unpaired) electrons. The molecule has 4 nitrogen and oxygen atoms in total. The highest BCUT2D eigenvalue weighted by Gasteiger charge is 2.03. The fourth-order valence-electron chi connectivity index (χ4n) is 0.410. The second-order valence-corrected chi connectivity index (χ2v) is 1.68. The monoisotopic (exact) mass is 130 g/mol. The number of hydrogen-bond acceptors (Lipinski definition) is 3. The summed E-state index contributed by atoms with van der Waals surface area (Å²) in [6.07, 6.45) is 0.612. The van der Waals surface area contributed by atoms with Gasteiger partial charge in [0, 0.05) is 13.5 Å². The first-order valence-corrected chi connectivity index (χ1v) is 2.63. The number of carbonyl (C=O) groups excluding carboxylic acids is 2. The van der Waals surface area contributed by atoms with Gasteiger partial charge >= 0.3 is 0 Å². The molecule has 0 heterocycles. The predicted molar refractivity (Wildman–Crippen MR) is 32.7 cm³/mol. The van der Waals surface area contributed by atoms with Crippen molar-refractivity contribution >= 4 is 12.2 Å². The van der Waals surface area contributed by atoms with E-state index in [1.165, 1.54) is 6.92 Å². The number of rotatable bonds is 3. The summed E-state index contributed by atoms with van der Waals surface area (Å²) in [5.41, 5.74) is 5.09. The van der Waals surface area contributed by atoms with Crippen LogP contribution in [0.3, 0.4) is 0 Å². The third-order valence-electron chi connectivity index (χ3n) is 0.807. The van der Waals surface area contributed by atoms with Crippen LogP contribution < -0.4 is 11.1 Å². The van der Waals surface area contributed by atoms with E-state index in [0.717, 1.165) is 0 Å². The molecule has 3 N–H and O–H groups in total. The summed E-state index contributed by atoms with van der Waals surface area (Å²) < 4.78 is 0. The molecule has 9 heavy (non-hydrogen) atoms. The van der Waals surface area contributed by atoms with Crippen molar-refractivity contribution in [3.8, 4) is 0 Å². The van der Waals surface area contributed by atoms with Gasteiger partial charge in [0.05, 0.1) is 6.04 Å². The lowest BCUT2D eigenvalue weighted by Gasteiger charge is -2.05. The lowest BCUT2D eigenvalue weighted by molar-refractivity contribution is -0.122.